The van der Waals surface area contributed by atoms with Crippen molar-refractivity contribution in [1.29, 1.82) is 0 Å². The number of methoxy groups -OCH3 is 2. The average molecular weight is 264 g/mol. The van der Waals surface area contributed by atoms with Gasteiger partial charge in [0.15, 0.2) is 11.5 Å². The molecule has 0 saturated heterocycles. The van der Waals surface area contributed by atoms with E-state index in [0.29, 0.717) is 6.42 Å². The van der Waals surface area contributed by atoms with E-state index < -0.39 is 17.3 Å². The monoisotopic (exact) mass is 264 g/mol. The summed E-state index contributed by atoms with van der Waals surface area (Å²) >= 11 is 0. The zero-order chi connectivity index (χ0) is 13.8. The fourth-order valence-corrected chi connectivity index (χ4v) is 4.31. The molecule has 19 heavy (non-hydrogen) atoms. The van der Waals surface area contributed by atoms with Gasteiger partial charge in [-0.25, -0.2) is 0 Å². The van der Waals surface area contributed by atoms with Gasteiger partial charge in [-0.05, 0) is 18.8 Å². The van der Waals surface area contributed by atoms with E-state index in [1.807, 2.05) is 0 Å². The lowest BCUT2D eigenvalue weighted by Crippen LogP contribution is -2.65. The van der Waals surface area contributed by atoms with Crippen LogP contribution in [0.15, 0.2) is 11.8 Å². The number of allylic oxidation sites excluding steroid dienone is 2. The third kappa shape index (κ3) is 1.28. The number of hydrogen-bond donors (Lipinski definition) is 0. The molecule has 102 valence electrons. The Bertz CT molecular complexity index is 506. The SMILES string of the molecule is COC(=O)[C@H]1[C@@H]2CCC[C@@]23C(=O)C=C(OC)C(=O)[C@@H]13. The van der Waals surface area contributed by atoms with Gasteiger partial charge in [-0.1, -0.05) is 6.42 Å². The molecule has 0 aromatic rings. The molecule has 5 nitrogen and oxygen atoms in total. The van der Waals surface area contributed by atoms with E-state index in [2.05, 4.69) is 0 Å². The fourth-order valence-electron chi connectivity index (χ4n) is 4.31. The molecule has 0 bridgehead atoms. The number of esters is 1. The molecule has 1 spiro atoms. The van der Waals surface area contributed by atoms with Crippen molar-refractivity contribution in [2.45, 2.75) is 19.3 Å². The number of ether oxygens (including phenoxy) is 2. The van der Waals surface area contributed by atoms with Gasteiger partial charge in [0.2, 0.25) is 5.78 Å². The Kier molecular flexibility index (Phi) is 2.56. The maximum Gasteiger partial charge on any atom is 0.309 e. The molecule has 0 heterocycles. The quantitative estimate of drug-likeness (QED) is 0.692. The van der Waals surface area contributed by atoms with E-state index in [1.165, 1.54) is 20.3 Å². The summed E-state index contributed by atoms with van der Waals surface area (Å²) in [7, 11) is 2.69. The van der Waals surface area contributed by atoms with Gasteiger partial charge in [0.1, 0.15) is 0 Å². The highest BCUT2D eigenvalue weighted by molar-refractivity contribution is 6.14. The number of ketones is 2. The van der Waals surface area contributed by atoms with Crippen LogP contribution in [0.1, 0.15) is 19.3 Å². The van der Waals surface area contributed by atoms with Crippen molar-refractivity contribution < 1.29 is 23.9 Å². The van der Waals surface area contributed by atoms with Crippen LogP contribution in [-0.2, 0) is 23.9 Å². The van der Waals surface area contributed by atoms with E-state index in [1.54, 1.807) is 0 Å². The summed E-state index contributed by atoms with van der Waals surface area (Å²) < 4.78 is 9.77. The van der Waals surface area contributed by atoms with E-state index in [-0.39, 0.29) is 29.2 Å². The third-order valence-electron chi connectivity index (χ3n) is 5.05. The van der Waals surface area contributed by atoms with Crippen molar-refractivity contribution in [2.24, 2.45) is 23.2 Å². The first-order valence-electron chi connectivity index (χ1n) is 6.50. The average Bonchev–Trinajstić information content (AvgIpc) is 2.73. The fraction of sp³-hybridized carbons (Fsp3) is 0.643. The Balaban J connectivity index is 2.06. The van der Waals surface area contributed by atoms with E-state index in [9.17, 15) is 14.4 Å². The Hall–Kier alpha value is -1.65. The summed E-state index contributed by atoms with van der Waals surface area (Å²) in [6.45, 7) is 0. The van der Waals surface area contributed by atoms with Gasteiger partial charge in [0.05, 0.1) is 26.1 Å². The molecular weight excluding hydrogens is 248 g/mol. The van der Waals surface area contributed by atoms with Crippen LogP contribution in [0.2, 0.25) is 0 Å². The lowest BCUT2D eigenvalue weighted by atomic mass is 9.43. The standard InChI is InChI=1S/C14H16O5/c1-18-8-6-9(15)14-5-3-4-7(14)10(13(17)19-2)11(14)12(8)16/h6-7,10-11H,3-5H2,1-2H3/t7-,10-,11+,14-/m0/s1. The van der Waals surface area contributed by atoms with Gasteiger partial charge in [-0.2, -0.15) is 0 Å². The van der Waals surface area contributed by atoms with Crippen LogP contribution in [0.3, 0.4) is 0 Å². The van der Waals surface area contributed by atoms with Crippen molar-refractivity contribution in [3.05, 3.63) is 11.8 Å². The molecule has 0 radical (unpaired) electrons. The van der Waals surface area contributed by atoms with Crippen LogP contribution in [-0.4, -0.2) is 31.8 Å². The van der Waals surface area contributed by atoms with Crippen molar-refractivity contribution in [3.8, 4) is 0 Å². The highest BCUT2D eigenvalue weighted by Gasteiger charge is 2.73. The minimum absolute atomic E-state index is 0.0453. The van der Waals surface area contributed by atoms with Crippen LogP contribution >= 0.6 is 0 Å². The van der Waals surface area contributed by atoms with E-state index in [4.69, 9.17) is 9.47 Å². The molecule has 3 rings (SSSR count). The number of rotatable bonds is 2. The molecule has 5 heteroatoms. The van der Waals surface area contributed by atoms with Gasteiger partial charge >= 0.3 is 5.97 Å². The molecular formula is C14H16O5. The van der Waals surface area contributed by atoms with Gasteiger partial charge < -0.3 is 9.47 Å². The Labute approximate surface area is 110 Å². The van der Waals surface area contributed by atoms with Gasteiger partial charge in [-0.15, -0.1) is 0 Å². The zero-order valence-corrected chi connectivity index (χ0v) is 11.0. The molecule has 2 saturated carbocycles. The Morgan fingerprint density at radius 2 is 2.11 bits per heavy atom. The second-order valence-corrected chi connectivity index (χ2v) is 5.51. The van der Waals surface area contributed by atoms with Gasteiger partial charge in [0.25, 0.3) is 0 Å². The predicted octanol–water partition coefficient (Wildman–Crippen LogP) is 0.874. The highest BCUT2D eigenvalue weighted by Crippen LogP contribution is 2.67. The normalized spacial score (nSPS) is 39.9. The number of hydrogen-bond acceptors (Lipinski definition) is 5. The molecule has 0 aromatic carbocycles. The smallest absolute Gasteiger partial charge is 0.309 e. The summed E-state index contributed by atoms with van der Waals surface area (Å²) in [5, 5.41) is 0. The number of carbonyl (C=O) groups is 3. The first-order chi connectivity index (χ1) is 9.07. The van der Waals surface area contributed by atoms with Crippen LogP contribution in [0.25, 0.3) is 0 Å². The van der Waals surface area contributed by atoms with Crippen molar-refractivity contribution in [1.82, 2.24) is 0 Å². The van der Waals surface area contributed by atoms with Crippen LogP contribution in [0.4, 0.5) is 0 Å². The molecule has 4 atom stereocenters. The van der Waals surface area contributed by atoms with E-state index in [0.717, 1.165) is 12.8 Å². The van der Waals surface area contributed by atoms with Gasteiger partial charge in [-0.3, -0.25) is 14.4 Å². The van der Waals surface area contributed by atoms with Gasteiger partial charge in [0, 0.05) is 11.5 Å². The van der Waals surface area contributed by atoms with Crippen LogP contribution in [0, 0.1) is 23.2 Å². The molecule has 3 aliphatic carbocycles. The molecule has 0 unspecified atom stereocenters. The maximum atomic E-state index is 12.4. The first-order valence-corrected chi connectivity index (χ1v) is 6.50. The van der Waals surface area contributed by atoms with E-state index >= 15 is 0 Å². The lowest BCUT2D eigenvalue weighted by molar-refractivity contribution is -0.184. The van der Waals surface area contributed by atoms with Crippen molar-refractivity contribution in [3.63, 3.8) is 0 Å². The van der Waals surface area contributed by atoms with Crippen molar-refractivity contribution >= 4 is 17.5 Å². The second kappa shape index (κ2) is 3.92. The minimum atomic E-state index is -0.655. The molecule has 0 amide bonds. The number of Topliss-reactive ketones (excluding diaryl/α,β-unsaturated/α-hetero) is 1. The zero-order valence-electron chi connectivity index (χ0n) is 11.0. The number of carbonyl (C=O) groups excluding carboxylic acids is 3. The summed E-state index contributed by atoms with van der Waals surface area (Å²) in [5.41, 5.74) is -0.655. The van der Waals surface area contributed by atoms with Crippen LogP contribution < -0.4 is 0 Å². The largest absolute Gasteiger partial charge is 0.493 e. The summed E-state index contributed by atoms with van der Waals surface area (Å²) in [4.78, 5) is 36.6. The lowest BCUT2D eigenvalue weighted by Gasteiger charge is -2.56. The first kappa shape index (κ1) is 12.4. The van der Waals surface area contributed by atoms with Crippen molar-refractivity contribution in [2.75, 3.05) is 14.2 Å². The molecule has 3 aliphatic rings. The summed E-state index contributed by atoms with van der Waals surface area (Å²) in [6.07, 6.45) is 3.69. The predicted molar refractivity (Wildman–Crippen MR) is 63.9 cm³/mol. The molecule has 0 aromatic heterocycles. The molecule has 0 aliphatic heterocycles. The molecule has 0 N–H and O–H groups in total. The Morgan fingerprint density at radius 1 is 1.37 bits per heavy atom. The third-order valence-corrected chi connectivity index (χ3v) is 5.05. The summed E-state index contributed by atoms with van der Waals surface area (Å²) in [5.74, 6) is -1.71. The minimum Gasteiger partial charge on any atom is -0.493 e. The molecule has 2 fully saturated rings. The van der Waals surface area contributed by atoms with Crippen LogP contribution in [0.5, 0.6) is 0 Å². The highest BCUT2D eigenvalue weighted by atomic mass is 16.5. The second-order valence-electron chi connectivity index (χ2n) is 5.51. The maximum absolute atomic E-state index is 12.4. The topological polar surface area (TPSA) is 69.7 Å². The summed E-state index contributed by atoms with van der Waals surface area (Å²) in [6, 6.07) is 0. The Morgan fingerprint density at radius 3 is 2.74 bits per heavy atom.